The fourth-order valence-electron chi connectivity index (χ4n) is 2.22. The van der Waals surface area contributed by atoms with Crippen molar-refractivity contribution in [2.24, 2.45) is 0 Å². The summed E-state index contributed by atoms with van der Waals surface area (Å²) in [6, 6.07) is 0.785. The maximum Gasteiger partial charge on any atom is 0.221 e. The van der Waals surface area contributed by atoms with Crippen molar-refractivity contribution in [3.63, 3.8) is 0 Å². The largest absolute Gasteiger partial charge is 0.352 e. The molecule has 0 bridgehead atoms. The first-order valence-electron chi connectivity index (χ1n) is 5.58. The highest BCUT2D eigenvalue weighted by Gasteiger charge is 2.21. The van der Waals surface area contributed by atoms with Crippen LogP contribution in [-0.4, -0.2) is 37.6 Å². The Labute approximate surface area is 97.0 Å². The number of hydrogen-bond acceptors (Lipinski definition) is 3. The van der Waals surface area contributed by atoms with Gasteiger partial charge in [0.15, 0.2) is 0 Å². The lowest BCUT2D eigenvalue weighted by Crippen LogP contribution is -2.39. The van der Waals surface area contributed by atoms with Gasteiger partial charge in [0.1, 0.15) is 0 Å². The maximum atomic E-state index is 11.6. The first-order chi connectivity index (χ1) is 6.84. The highest BCUT2D eigenvalue weighted by Crippen LogP contribution is 2.08. The van der Waals surface area contributed by atoms with Gasteiger partial charge in [-0.2, -0.15) is 0 Å². The molecule has 5 heteroatoms. The van der Waals surface area contributed by atoms with Crippen LogP contribution in [0.4, 0.5) is 0 Å². The molecular formula is C10H20ClN3O. The molecule has 2 heterocycles. The van der Waals surface area contributed by atoms with Crippen molar-refractivity contribution in [3.8, 4) is 0 Å². The minimum absolute atomic E-state index is 0. The molecule has 0 radical (unpaired) electrons. The number of carbonyl (C=O) groups is 1. The van der Waals surface area contributed by atoms with Gasteiger partial charge in [0.05, 0.1) is 0 Å². The second-order valence-corrected chi connectivity index (χ2v) is 4.25. The van der Waals surface area contributed by atoms with Crippen LogP contribution in [0.3, 0.4) is 0 Å². The van der Waals surface area contributed by atoms with Crippen molar-refractivity contribution >= 4 is 18.3 Å². The van der Waals surface area contributed by atoms with Crippen molar-refractivity contribution < 1.29 is 4.79 Å². The molecule has 0 aromatic rings. The highest BCUT2D eigenvalue weighted by molar-refractivity contribution is 5.85. The molecular weight excluding hydrogens is 214 g/mol. The summed E-state index contributed by atoms with van der Waals surface area (Å²) in [5.74, 6) is 0.207. The Balaban J connectivity index is 0.00000112. The molecule has 2 aliphatic heterocycles. The van der Waals surface area contributed by atoms with Crippen molar-refractivity contribution in [3.05, 3.63) is 0 Å². The van der Waals surface area contributed by atoms with Crippen LogP contribution >= 0.6 is 12.4 Å². The van der Waals surface area contributed by atoms with E-state index in [2.05, 4.69) is 16.0 Å². The molecule has 2 unspecified atom stereocenters. The number of halogens is 1. The molecule has 1 amide bonds. The quantitative estimate of drug-likeness (QED) is 0.645. The van der Waals surface area contributed by atoms with Gasteiger partial charge in [0.2, 0.25) is 5.91 Å². The van der Waals surface area contributed by atoms with Crippen LogP contribution in [-0.2, 0) is 4.79 Å². The van der Waals surface area contributed by atoms with Gasteiger partial charge in [-0.05, 0) is 32.4 Å². The molecule has 0 aromatic heterocycles. The molecule has 0 aliphatic carbocycles. The highest BCUT2D eigenvalue weighted by atomic mass is 35.5. The summed E-state index contributed by atoms with van der Waals surface area (Å²) < 4.78 is 0. The number of amides is 1. The van der Waals surface area contributed by atoms with Gasteiger partial charge >= 0.3 is 0 Å². The number of hydrogen-bond donors (Lipinski definition) is 3. The average molecular weight is 234 g/mol. The molecule has 3 N–H and O–H groups in total. The molecule has 88 valence electrons. The third-order valence-electron chi connectivity index (χ3n) is 3.02. The predicted molar refractivity (Wildman–Crippen MR) is 62.3 cm³/mol. The van der Waals surface area contributed by atoms with Crippen molar-refractivity contribution in [2.45, 2.75) is 37.8 Å². The third kappa shape index (κ3) is 3.97. The lowest BCUT2D eigenvalue weighted by molar-refractivity contribution is -0.122. The first-order valence-corrected chi connectivity index (χ1v) is 5.58. The molecule has 0 saturated carbocycles. The van der Waals surface area contributed by atoms with Crippen LogP contribution in [0.5, 0.6) is 0 Å². The average Bonchev–Trinajstić information content (AvgIpc) is 2.76. The summed E-state index contributed by atoms with van der Waals surface area (Å²) >= 11 is 0. The molecule has 4 nitrogen and oxygen atoms in total. The minimum Gasteiger partial charge on any atom is -0.352 e. The zero-order valence-electron chi connectivity index (χ0n) is 8.92. The molecule has 2 rings (SSSR count). The molecule has 2 aliphatic rings. The van der Waals surface area contributed by atoms with Crippen LogP contribution in [0, 0.1) is 0 Å². The zero-order chi connectivity index (χ0) is 9.80. The second kappa shape index (κ2) is 6.30. The van der Waals surface area contributed by atoms with Gasteiger partial charge < -0.3 is 16.0 Å². The van der Waals surface area contributed by atoms with Crippen LogP contribution in [0.25, 0.3) is 0 Å². The summed E-state index contributed by atoms with van der Waals surface area (Å²) in [7, 11) is 0. The Bertz CT molecular complexity index is 181. The Kier molecular flexibility index (Phi) is 5.36. The van der Waals surface area contributed by atoms with E-state index in [0.717, 1.165) is 32.5 Å². The number of nitrogens with one attached hydrogen (secondary N) is 3. The second-order valence-electron chi connectivity index (χ2n) is 4.25. The van der Waals surface area contributed by atoms with Gasteiger partial charge in [-0.15, -0.1) is 12.4 Å². The topological polar surface area (TPSA) is 53.2 Å². The Hall–Kier alpha value is -0.320. The van der Waals surface area contributed by atoms with E-state index in [1.807, 2.05) is 0 Å². The van der Waals surface area contributed by atoms with Crippen LogP contribution in [0.15, 0.2) is 0 Å². The summed E-state index contributed by atoms with van der Waals surface area (Å²) in [5, 5.41) is 9.64. The van der Waals surface area contributed by atoms with Crippen molar-refractivity contribution in [1.82, 2.24) is 16.0 Å². The van der Waals surface area contributed by atoms with E-state index >= 15 is 0 Å². The van der Waals surface area contributed by atoms with E-state index in [0.29, 0.717) is 18.5 Å². The van der Waals surface area contributed by atoms with E-state index in [9.17, 15) is 4.79 Å². The maximum absolute atomic E-state index is 11.6. The lowest BCUT2D eigenvalue weighted by atomic mass is 10.1. The van der Waals surface area contributed by atoms with Crippen LogP contribution < -0.4 is 16.0 Å². The van der Waals surface area contributed by atoms with Crippen LogP contribution in [0.2, 0.25) is 0 Å². The fraction of sp³-hybridized carbons (Fsp3) is 0.900. The van der Waals surface area contributed by atoms with E-state index < -0.39 is 0 Å². The fourth-order valence-corrected chi connectivity index (χ4v) is 2.22. The molecule has 2 atom stereocenters. The minimum atomic E-state index is 0. The van der Waals surface area contributed by atoms with E-state index in [1.165, 1.54) is 6.42 Å². The summed E-state index contributed by atoms with van der Waals surface area (Å²) in [6.07, 6.45) is 4.08. The smallest absolute Gasteiger partial charge is 0.221 e. The lowest BCUT2D eigenvalue weighted by Gasteiger charge is -2.14. The monoisotopic (exact) mass is 233 g/mol. The molecule has 2 saturated heterocycles. The van der Waals surface area contributed by atoms with E-state index in [-0.39, 0.29) is 18.3 Å². The third-order valence-corrected chi connectivity index (χ3v) is 3.02. The summed E-state index contributed by atoms with van der Waals surface area (Å²) in [6.45, 7) is 3.04. The first kappa shape index (κ1) is 12.7. The van der Waals surface area contributed by atoms with Crippen molar-refractivity contribution in [2.75, 3.05) is 19.6 Å². The van der Waals surface area contributed by atoms with Crippen LogP contribution in [0.1, 0.15) is 25.7 Å². The van der Waals surface area contributed by atoms with E-state index in [4.69, 9.17) is 0 Å². The van der Waals surface area contributed by atoms with Gasteiger partial charge in [-0.25, -0.2) is 0 Å². The molecule has 15 heavy (non-hydrogen) atoms. The van der Waals surface area contributed by atoms with E-state index in [1.54, 1.807) is 0 Å². The van der Waals surface area contributed by atoms with Gasteiger partial charge in [-0.3, -0.25) is 4.79 Å². The summed E-state index contributed by atoms with van der Waals surface area (Å²) in [5.41, 5.74) is 0. The molecule has 2 fully saturated rings. The zero-order valence-corrected chi connectivity index (χ0v) is 9.74. The number of rotatable bonds is 3. The van der Waals surface area contributed by atoms with Gasteiger partial charge in [0.25, 0.3) is 0 Å². The van der Waals surface area contributed by atoms with Gasteiger partial charge in [0, 0.05) is 25.0 Å². The Morgan fingerprint density at radius 1 is 1.33 bits per heavy atom. The normalized spacial score (nSPS) is 29.9. The SMILES string of the molecule is Cl.O=C(CC1CCCN1)NC1CCNC1. The predicted octanol–water partition coefficient (Wildman–Crippen LogP) is 0.0284. The Morgan fingerprint density at radius 2 is 2.20 bits per heavy atom. The summed E-state index contributed by atoms with van der Waals surface area (Å²) in [4.78, 5) is 11.6. The standard InChI is InChI=1S/C10H19N3O.ClH/c14-10(6-8-2-1-4-12-8)13-9-3-5-11-7-9;/h8-9,11-12H,1-7H2,(H,13,14);1H. The Morgan fingerprint density at radius 3 is 2.80 bits per heavy atom. The van der Waals surface area contributed by atoms with Gasteiger partial charge in [-0.1, -0.05) is 0 Å². The van der Waals surface area contributed by atoms with Crippen molar-refractivity contribution in [1.29, 1.82) is 0 Å². The number of carbonyl (C=O) groups excluding carboxylic acids is 1. The molecule has 0 spiro atoms. The molecule has 0 aromatic carbocycles.